The van der Waals surface area contributed by atoms with E-state index in [1.807, 2.05) is 29.6 Å². The van der Waals surface area contributed by atoms with E-state index in [1.165, 1.54) is 18.4 Å². The first-order chi connectivity index (χ1) is 10.0. The number of carbonyl (C=O) groups excluding carboxylic acids is 2. The van der Waals surface area contributed by atoms with E-state index < -0.39 is 6.04 Å². The van der Waals surface area contributed by atoms with Gasteiger partial charge in [-0.3, -0.25) is 9.59 Å². The molecule has 0 unspecified atom stereocenters. The fourth-order valence-corrected chi connectivity index (χ4v) is 2.74. The molecule has 2 amide bonds. The van der Waals surface area contributed by atoms with Crippen molar-refractivity contribution in [2.45, 2.75) is 13.0 Å². The molecule has 2 N–H and O–H groups in total. The number of carbonyl (C=O) groups is 2. The monoisotopic (exact) mass is 322 g/mol. The van der Waals surface area contributed by atoms with Crippen LogP contribution >= 0.6 is 22.9 Å². The van der Waals surface area contributed by atoms with Crippen molar-refractivity contribution in [3.63, 3.8) is 0 Å². The van der Waals surface area contributed by atoms with Crippen LogP contribution in [0.3, 0.4) is 0 Å². The van der Waals surface area contributed by atoms with Crippen LogP contribution in [-0.2, 0) is 4.79 Å². The van der Waals surface area contributed by atoms with E-state index >= 15 is 0 Å². The lowest BCUT2D eigenvalue weighted by molar-refractivity contribution is -0.122. The van der Waals surface area contributed by atoms with Crippen LogP contribution in [0.15, 0.2) is 35.7 Å². The average molecular weight is 323 g/mol. The van der Waals surface area contributed by atoms with Gasteiger partial charge in [0.2, 0.25) is 5.91 Å². The van der Waals surface area contributed by atoms with Gasteiger partial charge in [0.05, 0.1) is 4.88 Å². The number of amides is 2. The van der Waals surface area contributed by atoms with E-state index in [2.05, 4.69) is 10.6 Å². The maximum atomic E-state index is 12.1. The van der Waals surface area contributed by atoms with Crippen molar-refractivity contribution >= 4 is 34.8 Å². The van der Waals surface area contributed by atoms with Gasteiger partial charge in [0.1, 0.15) is 6.04 Å². The lowest BCUT2D eigenvalue weighted by atomic mass is 10.1. The summed E-state index contributed by atoms with van der Waals surface area (Å²) in [6.07, 6.45) is 0. The molecule has 4 nitrogen and oxygen atoms in total. The summed E-state index contributed by atoms with van der Waals surface area (Å²) in [7, 11) is 1.54. The topological polar surface area (TPSA) is 58.2 Å². The van der Waals surface area contributed by atoms with Crippen LogP contribution in [0.1, 0.15) is 16.6 Å². The SMILES string of the molecule is CNC(=O)[C@H](C)NC(=O)c1cc(-c2ccc(Cl)cc2)cs1. The van der Waals surface area contributed by atoms with E-state index in [1.54, 1.807) is 13.0 Å². The van der Waals surface area contributed by atoms with Crippen molar-refractivity contribution in [2.24, 2.45) is 0 Å². The predicted octanol–water partition coefficient (Wildman–Crippen LogP) is 2.93. The highest BCUT2D eigenvalue weighted by atomic mass is 35.5. The Morgan fingerprint density at radius 1 is 1.19 bits per heavy atom. The second kappa shape index (κ2) is 6.74. The van der Waals surface area contributed by atoms with Crippen LogP contribution in [0.25, 0.3) is 11.1 Å². The average Bonchev–Trinajstić information content (AvgIpc) is 2.97. The first-order valence-electron chi connectivity index (χ1n) is 6.38. The van der Waals surface area contributed by atoms with Crippen molar-refractivity contribution in [2.75, 3.05) is 7.05 Å². The predicted molar refractivity (Wildman–Crippen MR) is 85.8 cm³/mol. The molecular formula is C15H15ClN2O2S. The van der Waals surface area contributed by atoms with Crippen LogP contribution in [0.2, 0.25) is 5.02 Å². The molecule has 0 aliphatic rings. The Hall–Kier alpha value is -1.85. The van der Waals surface area contributed by atoms with Crippen molar-refractivity contribution < 1.29 is 9.59 Å². The van der Waals surface area contributed by atoms with Crippen molar-refractivity contribution in [3.8, 4) is 11.1 Å². The second-order valence-electron chi connectivity index (χ2n) is 4.52. The van der Waals surface area contributed by atoms with Gasteiger partial charge in [0, 0.05) is 12.1 Å². The first kappa shape index (κ1) is 15.5. The molecule has 1 aromatic carbocycles. The van der Waals surface area contributed by atoms with Gasteiger partial charge in [0.15, 0.2) is 0 Å². The number of likely N-dealkylation sites (N-methyl/N-ethyl adjacent to an activating group) is 1. The first-order valence-corrected chi connectivity index (χ1v) is 7.64. The zero-order valence-electron chi connectivity index (χ0n) is 11.6. The second-order valence-corrected chi connectivity index (χ2v) is 5.86. The van der Waals surface area contributed by atoms with Crippen LogP contribution in [0.4, 0.5) is 0 Å². The zero-order chi connectivity index (χ0) is 15.4. The smallest absolute Gasteiger partial charge is 0.262 e. The van der Waals surface area contributed by atoms with Crippen LogP contribution in [0.5, 0.6) is 0 Å². The van der Waals surface area contributed by atoms with Crippen molar-refractivity contribution in [3.05, 3.63) is 45.6 Å². The largest absolute Gasteiger partial charge is 0.357 e. The van der Waals surface area contributed by atoms with Gasteiger partial charge >= 0.3 is 0 Å². The highest BCUT2D eigenvalue weighted by Crippen LogP contribution is 2.26. The zero-order valence-corrected chi connectivity index (χ0v) is 13.2. The summed E-state index contributed by atoms with van der Waals surface area (Å²) in [4.78, 5) is 24.0. The molecule has 0 radical (unpaired) electrons. The molecule has 0 aliphatic carbocycles. The molecule has 0 aliphatic heterocycles. The summed E-state index contributed by atoms with van der Waals surface area (Å²) in [5, 5.41) is 7.73. The molecular weight excluding hydrogens is 308 g/mol. The maximum absolute atomic E-state index is 12.1. The summed E-state index contributed by atoms with van der Waals surface area (Å²) >= 11 is 7.20. The molecule has 110 valence electrons. The minimum Gasteiger partial charge on any atom is -0.357 e. The molecule has 1 atom stereocenters. The number of halogens is 1. The Bertz CT molecular complexity index is 652. The Kier molecular flexibility index (Phi) is 4.98. The third-order valence-corrected chi connectivity index (χ3v) is 4.17. The summed E-state index contributed by atoms with van der Waals surface area (Å²) in [5.74, 6) is -0.478. The van der Waals surface area contributed by atoms with Gasteiger partial charge in [0.25, 0.3) is 5.91 Å². The molecule has 1 heterocycles. The van der Waals surface area contributed by atoms with Crippen LogP contribution in [0, 0.1) is 0 Å². The number of nitrogens with one attached hydrogen (secondary N) is 2. The Morgan fingerprint density at radius 2 is 1.86 bits per heavy atom. The van der Waals surface area contributed by atoms with Gasteiger partial charge < -0.3 is 10.6 Å². The van der Waals surface area contributed by atoms with Crippen molar-refractivity contribution in [1.29, 1.82) is 0 Å². The Labute approximate surface area is 132 Å². The third kappa shape index (κ3) is 3.83. The minimum absolute atomic E-state index is 0.224. The van der Waals surface area contributed by atoms with Gasteiger partial charge in [-0.15, -0.1) is 11.3 Å². The van der Waals surface area contributed by atoms with E-state index in [0.717, 1.165) is 11.1 Å². The van der Waals surface area contributed by atoms with Gasteiger partial charge in [-0.05, 0) is 41.6 Å². The fraction of sp³-hybridized carbons (Fsp3) is 0.200. The summed E-state index contributed by atoms with van der Waals surface area (Å²) in [6, 6.07) is 8.66. The van der Waals surface area contributed by atoms with Crippen molar-refractivity contribution in [1.82, 2.24) is 10.6 Å². The van der Waals surface area contributed by atoms with Gasteiger partial charge in [-0.1, -0.05) is 23.7 Å². The van der Waals surface area contributed by atoms with E-state index in [9.17, 15) is 9.59 Å². The highest BCUT2D eigenvalue weighted by molar-refractivity contribution is 7.12. The molecule has 0 saturated carbocycles. The van der Waals surface area contributed by atoms with E-state index in [-0.39, 0.29) is 11.8 Å². The lowest BCUT2D eigenvalue weighted by Crippen LogP contribution is -2.43. The minimum atomic E-state index is -0.566. The number of hydrogen-bond donors (Lipinski definition) is 2. The van der Waals surface area contributed by atoms with Crippen LogP contribution in [-0.4, -0.2) is 24.9 Å². The standard InChI is InChI=1S/C15H15ClN2O2S/c1-9(14(19)17-2)18-15(20)13-7-11(8-21-13)10-3-5-12(16)6-4-10/h3-9H,1-2H3,(H,17,19)(H,18,20)/t9-/m0/s1. The molecule has 0 fully saturated rings. The fourth-order valence-electron chi connectivity index (χ4n) is 1.80. The van der Waals surface area contributed by atoms with Crippen LogP contribution < -0.4 is 10.6 Å². The highest BCUT2D eigenvalue weighted by Gasteiger charge is 2.16. The summed E-state index contributed by atoms with van der Waals surface area (Å²) in [5.41, 5.74) is 1.95. The Morgan fingerprint density at radius 3 is 2.48 bits per heavy atom. The van der Waals surface area contributed by atoms with Gasteiger partial charge in [-0.25, -0.2) is 0 Å². The number of hydrogen-bond acceptors (Lipinski definition) is 3. The molecule has 21 heavy (non-hydrogen) atoms. The molecule has 0 spiro atoms. The molecule has 0 saturated heterocycles. The third-order valence-electron chi connectivity index (χ3n) is 2.99. The molecule has 1 aromatic heterocycles. The lowest BCUT2D eigenvalue weighted by Gasteiger charge is -2.10. The quantitative estimate of drug-likeness (QED) is 0.909. The molecule has 2 aromatic rings. The summed E-state index contributed by atoms with van der Waals surface area (Å²) in [6.45, 7) is 1.64. The van der Waals surface area contributed by atoms with E-state index in [0.29, 0.717) is 9.90 Å². The van der Waals surface area contributed by atoms with Gasteiger partial charge in [-0.2, -0.15) is 0 Å². The van der Waals surface area contributed by atoms with E-state index in [4.69, 9.17) is 11.6 Å². The molecule has 6 heteroatoms. The number of rotatable bonds is 4. The Balaban J connectivity index is 2.10. The maximum Gasteiger partial charge on any atom is 0.262 e. The molecule has 0 bridgehead atoms. The summed E-state index contributed by atoms with van der Waals surface area (Å²) < 4.78 is 0. The number of thiophene rings is 1. The molecule has 2 rings (SSSR count). The normalized spacial score (nSPS) is 11.8. The number of benzene rings is 1.